The third-order valence-electron chi connectivity index (χ3n) is 2.64. The standard InChI is InChI=1S/C13H18N4O3S/c1-10(2)17-21(18,19)12-6-4-3-5-11(12)14-8-7-13-15-9-20-16-13/h3-6,9-10,14,17H,7-8H2,1-2H3. The van der Waals surface area contributed by atoms with E-state index >= 15 is 0 Å². The number of para-hydroxylation sites is 1. The van der Waals surface area contributed by atoms with E-state index < -0.39 is 10.0 Å². The van der Waals surface area contributed by atoms with Crippen LogP contribution in [0.25, 0.3) is 0 Å². The zero-order valence-electron chi connectivity index (χ0n) is 11.9. The molecule has 2 aromatic rings. The molecule has 0 aliphatic rings. The summed E-state index contributed by atoms with van der Waals surface area (Å²) in [5, 5.41) is 6.79. The molecule has 1 heterocycles. The smallest absolute Gasteiger partial charge is 0.242 e. The normalized spacial score (nSPS) is 11.8. The van der Waals surface area contributed by atoms with Crippen LogP contribution >= 0.6 is 0 Å². The molecular weight excluding hydrogens is 292 g/mol. The quantitative estimate of drug-likeness (QED) is 0.802. The van der Waals surface area contributed by atoms with Crippen LogP contribution in [-0.2, 0) is 16.4 Å². The summed E-state index contributed by atoms with van der Waals surface area (Å²) in [6, 6.07) is 6.61. The number of hydrogen-bond donors (Lipinski definition) is 2. The number of anilines is 1. The van der Waals surface area contributed by atoms with Gasteiger partial charge in [-0.3, -0.25) is 0 Å². The monoisotopic (exact) mass is 310 g/mol. The number of aromatic nitrogens is 2. The van der Waals surface area contributed by atoms with Crippen molar-refractivity contribution in [3.63, 3.8) is 0 Å². The van der Waals surface area contributed by atoms with Crippen LogP contribution in [0.4, 0.5) is 5.69 Å². The van der Waals surface area contributed by atoms with Crippen molar-refractivity contribution in [3.8, 4) is 0 Å². The summed E-state index contributed by atoms with van der Waals surface area (Å²) in [7, 11) is -3.54. The molecule has 0 atom stereocenters. The van der Waals surface area contributed by atoms with E-state index in [2.05, 4.69) is 24.7 Å². The van der Waals surface area contributed by atoms with Crippen LogP contribution in [0.1, 0.15) is 19.7 Å². The largest absolute Gasteiger partial charge is 0.383 e. The van der Waals surface area contributed by atoms with E-state index in [4.69, 9.17) is 0 Å². The predicted molar refractivity (Wildman–Crippen MR) is 78.4 cm³/mol. The average Bonchev–Trinajstić information content (AvgIpc) is 2.91. The molecule has 21 heavy (non-hydrogen) atoms. The van der Waals surface area contributed by atoms with E-state index in [1.54, 1.807) is 38.1 Å². The summed E-state index contributed by atoms with van der Waals surface area (Å²) < 4.78 is 31.7. The molecule has 114 valence electrons. The number of sulfonamides is 1. The molecule has 0 amide bonds. The molecule has 8 heteroatoms. The third-order valence-corrected chi connectivity index (χ3v) is 4.36. The summed E-state index contributed by atoms with van der Waals surface area (Å²) in [5.41, 5.74) is 0.550. The van der Waals surface area contributed by atoms with Gasteiger partial charge < -0.3 is 9.84 Å². The van der Waals surface area contributed by atoms with Gasteiger partial charge >= 0.3 is 0 Å². The van der Waals surface area contributed by atoms with E-state index in [0.29, 0.717) is 24.5 Å². The summed E-state index contributed by atoms with van der Waals surface area (Å²) in [5.74, 6) is 0.572. The molecule has 0 aliphatic heterocycles. The number of benzene rings is 1. The van der Waals surface area contributed by atoms with Gasteiger partial charge in [-0.05, 0) is 26.0 Å². The molecular formula is C13H18N4O3S. The van der Waals surface area contributed by atoms with Crippen LogP contribution in [-0.4, -0.2) is 31.1 Å². The highest BCUT2D eigenvalue weighted by Crippen LogP contribution is 2.20. The average molecular weight is 310 g/mol. The number of nitrogens with one attached hydrogen (secondary N) is 2. The summed E-state index contributed by atoms with van der Waals surface area (Å²) in [4.78, 5) is 4.14. The maximum absolute atomic E-state index is 12.3. The summed E-state index contributed by atoms with van der Waals surface area (Å²) >= 11 is 0. The molecule has 1 aromatic heterocycles. The first-order valence-corrected chi connectivity index (χ1v) is 8.08. The van der Waals surface area contributed by atoms with Gasteiger partial charge in [0.25, 0.3) is 0 Å². The van der Waals surface area contributed by atoms with E-state index in [-0.39, 0.29) is 10.9 Å². The third kappa shape index (κ3) is 4.27. The van der Waals surface area contributed by atoms with Crippen LogP contribution in [0.15, 0.2) is 40.1 Å². The topological polar surface area (TPSA) is 97.1 Å². The lowest BCUT2D eigenvalue weighted by molar-refractivity contribution is 0.410. The number of nitrogens with zero attached hydrogens (tertiary/aromatic N) is 2. The molecule has 1 aromatic carbocycles. The molecule has 0 fully saturated rings. The molecule has 7 nitrogen and oxygen atoms in total. The lowest BCUT2D eigenvalue weighted by atomic mass is 10.3. The van der Waals surface area contributed by atoms with Gasteiger partial charge in [0.1, 0.15) is 4.90 Å². The summed E-state index contributed by atoms with van der Waals surface area (Å²) in [6.45, 7) is 4.07. The Labute approximate surface area is 123 Å². The summed E-state index contributed by atoms with van der Waals surface area (Å²) in [6.07, 6.45) is 1.81. The van der Waals surface area contributed by atoms with Gasteiger partial charge in [0, 0.05) is 19.0 Å². The Morgan fingerprint density at radius 1 is 1.29 bits per heavy atom. The molecule has 0 spiro atoms. The van der Waals surface area contributed by atoms with Crippen molar-refractivity contribution in [3.05, 3.63) is 36.5 Å². The number of rotatable bonds is 7. The zero-order chi connectivity index (χ0) is 15.3. The Kier molecular flexibility index (Phi) is 4.92. The van der Waals surface area contributed by atoms with Crippen molar-refractivity contribution in [2.45, 2.75) is 31.2 Å². The molecule has 2 N–H and O–H groups in total. The Hall–Kier alpha value is -1.93. The van der Waals surface area contributed by atoms with Gasteiger partial charge in [0.15, 0.2) is 5.82 Å². The molecule has 0 bridgehead atoms. The first kappa shape index (κ1) is 15.5. The minimum Gasteiger partial charge on any atom is -0.383 e. The van der Waals surface area contributed by atoms with E-state index in [1.165, 1.54) is 6.39 Å². The van der Waals surface area contributed by atoms with Crippen LogP contribution in [0, 0.1) is 0 Å². The van der Waals surface area contributed by atoms with Crippen molar-refractivity contribution in [1.29, 1.82) is 0 Å². The fraction of sp³-hybridized carbons (Fsp3) is 0.385. The van der Waals surface area contributed by atoms with Crippen LogP contribution in [0.2, 0.25) is 0 Å². The lowest BCUT2D eigenvalue weighted by Gasteiger charge is -2.14. The van der Waals surface area contributed by atoms with Crippen LogP contribution < -0.4 is 10.0 Å². The van der Waals surface area contributed by atoms with Crippen molar-refractivity contribution >= 4 is 15.7 Å². The predicted octanol–water partition coefficient (Wildman–Crippen LogP) is 1.41. The molecule has 0 unspecified atom stereocenters. The van der Waals surface area contributed by atoms with Crippen molar-refractivity contribution in [2.75, 3.05) is 11.9 Å². The van der Waals surface area contributed by atoms with Crippen LogP contribution in [0.3, 0.4) is 0 Å². The molecule has 0 radical (unpaired) electrons. The maximum atomic E-state index is 12.3. The zero-order valence-corrected chi connectivity index (χ0v) is 12.7. The van der Waals surface area contributed by atoms with Gasteiger partial charge in [-0.1, -0.05) is 17.3 Å². The molecule has 2 rings (SSSR count). The SMILES string of the molecule is CC(C)NS(=O)(=O)c1ccccc1NCCc1ncon1. The minimum absolute atomic E-state index is 0.164. The van der Waals surface area contributed by atoms with Gasteiger partial charge in [-0.15, -0.1) is 0 Å². The second-order valence-electron chi connectivity index (χ2n) is 4.80. The Morgan fingerprint density at radius 3 is 2.71 bits per heavy atom. The van der Waals surface area contributed by atoms with E-state index in [1.807, 2.05) is 0 Å². The maximum Gasteiger partial charge on any atom is 0.242 e. The van der Waals surface area contributed by atoms with Crippen LogP contribution in [0.5, 0.6) is 0 Å². The molecule has 0 aliphatic carbocycles. The van der Waals surface area contributed by atoms with Gasteiger partial charge in [-0.25, -0.2) is 13.1 Å². The van der Waals surface area contributed by atoms with Gasteiger partial charge in [-0.2, -0.15) is 4.98 Å². The van der Waals surface area contributed by atoms with Gasteiger partial charge in [0.05, 0.1) is 5.69 Å². The fourth-order valence-corrected chi connectivity index (χ4v) is 3.27. The first-order chi connectivity index (χ1) is 9.99. The highest BCUT2D eigenvalue weighted by atomic mass is 32.2. The fourth-order valence-electron chi connectivity index (χ4n) is 1.83. The highest BCUT2D eigenvalue weighted by Gasteiger charge is 2.18. The first-order valence-electron chi connectivity index (χ1n) is 6.59. The molecule has 0 saturated carbocycles. The Bertz CT molecular complexity index is 668. The number of hydrogen-bond acceptors (Lipinski definition) is 6. The highest BCUT2D eigenvalue weighted by molar-refractivity contribution is 7.89. The second kappa shape index (κ2) is 6.68. The van der Waals surface area contributed by atoms with E-state index in [9.17, 15) is 8.42 Å². The van der Waals surface area contributed by atoms with E-state index in [0.717, 1.165) is 0 Å². The Morgan fingerprint density at radius 2 is 2.05 bits per heavy atom. The lowest BCUT2D eigenvalue weighted by Crippen LogP contribution is -2.30. The minimum atomic E-state index is -3.54. The molecule has 0 saturated heterocycles. The second-order valence-corrected chi connectivity index (χ2v) is 6.48. The van der Waals surface area contributed by atoms with Crippen molar-refractivity contribution in [1.82, 2.24) is 14.9 Å². The van der Waals surface area contributed by atoms with Crippen molar-refractivity contribution in [2.24, 2.45) is 0 Å². The van der Waals surface area contributed by atoms with Gasteiger partial charge in [0.2, 0.25) is 16.4 Å². The Balaban J connectivity index is 2.09. The van der Waals surface area contributed by atoms with Crippen molar-refractivity contribution < 1.29 is 12.9 Å².